The fraction of sp³-hybridized carbons (Fsp3) is 0.200. The number of aromatic carboxylic acids is 1. The molecule has 2 heterocycles. The number of nitrogens with one attached hydrogen (secondary N) is 1. The quantitative estimate of drug-likeness (QED) is 0.814. The molecular weight excluding hydrogens is 272 g/mol. The van der Waals surface area contributed by atoms with Crippen molar-refractivity contribution < 1.29 is 19.5 Å². The molecule has 1 atom stereocenters. The first-order valence-electron chi connectivity index (χ1n) is 6.52. The lowest BCUT2D eigenvalue weighted by Gasteiger charge is -2.20. The van der Waals surface area contributed by atoms with E-state index in [1.54, 1.807) is 18.2 Å². The maximum atomic E-state index is 11.9. The minimum absolute atomic E-state index is 0.176. The van der Waals surface area contributed by atoms with E-state index in [0.29, 0.717) is 22.9 Å². The van der Waals surface area contributed by atoms with Gasteiger partial charge in [0.1, 0.15) is 0 Å². The number of imide groups is 1. The van der Waals surface area contributed by atoms with Crippen molar-refractivity contribution in [3.05, 3.63) is 41.7 Å². The summed E-state index contributed by atoms with van der Waals surface area (Å²) in [6.45, 7) is 0. The van der Waals surface area contributed by atoms with Gasteiger partial charge in [0.15, 0.2) is 0 Å². The molecule has 3 rings (SSSR count). The number of fused-ring (bicyclic) bond motifs is 1. The summed E-state index contributed by atoms with van der Waals surface area (Å²) in [5, 5.41) is 12.7. The second-order valence-electron chi connectivity index (χ2n) is 4.94. The van der Waals surface area contributed by atoms with Crippen molar-refractivity contribution in [1.29, 1.82) is 0 Å². The van der Waals surface area contributed by atoms with Crippen molar-refractivity contribution in [2.24, 2.45) is 0 Å². The predicted octanol–water partition coefficient (Wildman–Crippen LogP) is 1.45. The molecule has 0 spiro atoms. The van der Waals surface area contributed by atoms with Crippen molar-refractivity contribution in [2.75, 3.05) is 0 Å². The van der Waals surface area contributed by atoms with E-state index in [9.17, 15) is 14.4 Å². The van der Waals surface area contributed by atoms with Gasteiger partial charge in [-0.2, -0.15) is 0 Å². The number of aromatic nitrogens is 1. The second-order valence-corrected chi connectivity index (χ2v) is 4.94. The van der Waals surface area contributed by atoms with Crippen LogP contribution in [0.5, 0.6) is 0 Å². The fourth-order valence-electron chi connectivity index (χ4n) is 2.54. The van der Waals surface area contributed by atoms with E-state index in [0.717, 1.165) is 0 Å². The lowest BCUT2D eigenvalue weighted by atomic mass is 9.93. The Labute approximate surface area is 119 Å². The molecule has 21 heavy (non-hydrogen) atoms. The minimum atomic E-state index is -1.02. The fourth-order valence-corrected chi connectivity index (χ4v) is 2.54. The van der Waals surface area contributed by atoms with Gasteiger partial charge in [-0.05, 0) is 23.9 Å². The van der Waals surface area contributed by atoms with Gasteiger partial charge < -0.3 is 5.11 Å². The largest absolute Gasteiger partial charge is 0.478 e. The molecule has 1 saturated heterocycles. The molecule has 0 bridgehead atoms. The van der Waals surface area contributed by atoms with Crippen molar-refractivity contribution in [3.8, 4) is 0 Å². The van der Waals surface area contributed by atoms with Crippen LogP contribution in [0.3, 0.4) is 0 Å². The molecule has 6 heteroatoms. The zero-order chi connectivity index (χ0) is 15.0. The number of carboxylic acid groups (broad SMARTS) is 1. The van der Waals surface area contributed by atoms with Crippen LogP contribution in [0.1, 0.15) is 34.8 Å². The summed E-state index contributed by atoms with van der Waals surface area (Å²) in [7, 11) is 0. The summed E-state index contributed by atoms with van der Waals surface area (Å²) in [5.74, 6) is -2.12. The second kappa shape index (κ2) is 4.97. The molecule has 2 N–H and O–H groups in total. The predicted molar refractivity (Wildman–Crippen MR) is 73.8 cm³/mol. The number of rotatable bonds is 2. The van der Waals surface area contributed by atoms with Crippen LogP contribution < -0.4 is 5.32 Å². The summed E-state index contributed by atoms with van der Waals surface area (Å²) in [4.78, 5) is 38.4. The van der Waals surface area contributed by atoms with Crippen molar-refractivity contribution >= 4 is 28.6 Å². The molecule has 0 radical (unpaired) electrons. The Morgan fingerprint density at radius 3 is 2.86 bits per heavy atom. The van der Waals surface area contributed by atoms with Crippen molar-refractivity contribution in [2.45, 2.75) is 18.8 Å². The maximum Gasteiger partial charge on any atom is 0.336 e. The van der Waals surface area contributed by atoms with E-state index in [1.807, 2.05) is 0 Å². The molecule has 0 saturated carbocycles. The Balaban J connectivity index is 2.04. The Morgan fingerprint density at radius 1 is 1.33 bits per heavy atom. The third kappa shape index (κ3) is 2.35. The zero-order valence-electron chi connectivity index (χ0n) is 11.0. The highest BCUT2D eigenvalue weighted by atomic mass is 16.4. The van der Waals surface area contributed by atoms with Crippen molar-refractivity contribution in [1.82, 2.24) is 10.3 Å². The third-order valence-electron chi connectivity index (χ3n) is 3.61. The highest BCUT2D eigenvalue weighted by Crippen LogP contribution is 2.27. The lowest BCUT2D eigenvalue weighted by molar-refractivity contribution is -0.134. The number of hydrogen-bond donors (Lipinski definition) is 2. The number of piperidine rings is 1. The average Bonchev–Trinajstić information content (AvgIpc) is 2.46. The van der Waals surface area contributed by atoms with Crippen LogP contribution in [0.25, 0.3) is 10.8 Å². The summed E-state index contributed by atoms with van der Waals surface area (Å²) >= 11 is 0. The Hall–Kier alpha value is -2.76. The van der Waals surface area contributed by atoms with E-state index in [1.165, 1.54) is 12.3 Å². The SMILES string of the molecule is O=C1CCC(c2cc3cccc(C(=O)O)c3cn2)C(=O)N1. The molecule has 1 fully saturated rings. The number of benzene rings is 1. The molecule has 1 aromatic carbocycles. The maximum absolute atomic E-state index is 11.9. The summed E-state index contributed by atoms with van der Waals surface area (Å²) in [6, 6.07) is 6.65. The number of amides is 2. The zero-order valence-corrected chi connectivity index (χ0v) is 11.0. The van der Waals surface area contributed by atoms with Crippen molar-refractivity contribution in [3.63, 3.8) is 0 Å². The molecule has 6 nitrogen and oxygen atoms in total. The molecule has 1 aromatic heterocycles. The number of nitrogens with zero attached hydrogens (tertiary/aromatic N) is 1. The van der Waals surface area contributed by atoms with Gasteiger partial charge in [-0.15, -0.1) is 0 Å². The van der Waals surface area contributed by atoms with Crippen LogP contribution in [-0.4, -0.2) is 27.9 Å². The normalized spacial score (nSPS) is 18.6. The van der Waals surface area contributed by atoms with Crippen LogP contribution in [0.15, 0.2) is 30.5 Å². The summed E-state index contributed by atoms with van der Waals surface area (Å²) in [5.41, 5.74) is 0.727. The highest BCUT2D eigenvalue weighted by Gasteiger charge is 2.29. The van der Waals surface area contributed by atoms with Gasteiger partial charge in [0.25, 0.3) is 0 Å². The molecule has 2 aromatic rings. The van der Waals surface area contributed by atoms with E-state index < -0.39 is 11.9 Å². The molecule has 1 unspecified atom stereocenters. The van der Waals surface area contributed by atoms with Crippen LogP contribution in [0, 0.1) is 0 Å². The van der Waals surface area contributed by atoms with Gasteiger partial charge in [-0.25, -0.2) is 4.79 Å². The summed E-state index contributed by atoms with van der Waals surface area (Å²) < 4.78 is 0. The number of carbonyl (C=O) groups excluding carboxylic acids is 2. The molecule has 0 aliphatic carbocycles. The standard InChI is InChI=1S/C15H12N2O4/c18-13-5-4-10(14(19)17-13)12-6-8-2-1-3-9(15(20)21)11(8)7-16-12/h1-3,6-7,10H,4-5H2,(H,20,21)(H,17,18,19). The highest BCUT2D eigenvalue weighted by molar-refractivity contribution is 6.04. The van der Waals surface area contributed by atoms with Gasteiger partial charge in [-0.3, -0.25) is 19.9 Å². The number of pyridine rings is 1. The van der Waals surface area contributed by atoms with Gasteiger partial charge in [0, 0.05) is 18.0 Å². The van der Waals surface area contributed by atoms with Gasteiger partial charge in [0.2, 0.25) is 11.8 Å². The van der Waals surface area contributed by atoms with E-state index in [2.05, 4.69) is 10.3 Å². The molecule has 2 amide bonds. The molecule has 1 aliphatic heterocycles. The average molecular weight is 284 g/mol. The first-order chi connectivity index (χ1) is 10.1. The Morgan fingerprint density at radius 2 is 2.14 bits per heavy atom. The lowest BCUT2D eigenvalue weighted by Crippen LogP contribution is -2.39. The van der Waals surface area contributed by atoms with E-state index in [-0.39, 0.29) is 23.8 Å². The van der Waals surface area contributed by atoms with Gasteiger partial charge >= 0.3 is 5.97 Å². The first-order valence-corrected chi connectivity index (χ1v) is 6.52. The van der Waals surface area contributed by atoms with Crippen LogP contribution in [-0.2, 0) is 9.59 Å². The van der Waals surface area contributed by atoms with Gasteiger partial charge in [-0.1, -0.05) is 12.1 Å². The number of hydrogen-bond acceptors (Lipinski definition) is 4. The monoisotopic (exact) mass is 284 g/mol. The Kier molecular flexibility index (Phi) is 3.13. The smallest absolute Gasteiger partial charge is 0.336 e. The van der Waals surface area contributed by atoms with Crippen LogP contribution in [0.2, 0.25) is 0 Å². The molecule has 1 aliphatic rings. The minimum Gasteiger partial charge on any atom is -0.478 e. The third-order valence-corrected chi connectivity index (χ3v) is 3.61. The molecular formula is C15H12N2O4. The molecule has 106 valence electrons. The summed E-state index contributed by atoms with van der Waals surface area (Å²) in [6.07, 6.45) is 2.17. The number of carboxylic acids is 1. The first kappa shape index (κ1) is 13.2. The van der Waals surface area contributed by atoms with E-state index in [4.69, 9.17) is 5.11 Å². The number of carbonyl (C=O) groups is 3. The van der Waals surface area contributed by atoms with Gasteiger partial charge in [0.05, 0.1) is 17.2 Å². The Bertz CT molecular complexity index is 769. The van der Waals surface area contributed by atoms with E-state index >= 15 is 0 Å². The van der Waals surface area contributed by atoms with Crippen LogP contribution >= 0.6 is 0 Å². The topological polar surface area (TPSA) is 96.4 Å². The van der Waals surface area contributed by atoms with Crippen LogP contribution in [0.4, 0.5) is 0 Å².